The van der Waals surface area contributed by atoms with Crippen LogP contribution in [0, 0.1) is 17.8 Å². The lowest BCUT2D eigenvalue weighted by Gasteiger charge is -2.10. The molecule has 1 aromatic rings. The molecule has 4 nitrogen and oxygen atoms in total. The van der Waals surface area contributed by atoms with Crippen LogP contribution in [0.1, 0.15) is 20.3 Å². The van der Waals surface area contributed by atoms with Crippen molar-refractivity contribution < 1.29 is 0 Å². The minimum atomic E-state index is -0.266. The van der Waals surface area contributed by atoms with Crippen LogP contribution in [0.4, 0.5) is 5.69 Å². The highest BCUT2D eigenvalue weighted by Crippen LogP contribution is 2.46. The highest BCUT2D eigenvalue weighted by molar-refractivity contribution is 6.33. The molecule has 1 saturated carbocycles. The summed E-state index contributed by atoms with van der Waals surface area (Å²) in [7, 11) is 0. The van der Waals surface area contributed by atoms with Crippen molar-refractivity contribution in [2.24, 2.45) is 5.41 Å². The number of hydrogen-bond donors (Lipinski definition) is 1. The first-order valence-corrected chi connectivity index (χ1v) is 5.79. The average Bonchev–Trinajstić information content (AvgIpc) is 2.85. The Hall–Kier alpha value is -1.47. The molecule has 17 heavy (non-hydrogen) atoms. The second-order valence-corrected chi connectivity index (χ2v) is 5.33. The molecule has 0 saturated heterocycles. The van der Waals surface area contributed by atoms with Gasteiger partial charge in [0.1, 0.15) is 12.2 Å². The summed E-state index contributed by atoms with van der Waals surface area (Å²) in [6.07, 6.45) is 7.64. The van der Waals surface area contributed by atoms with Crippen LogP contribution < -0.4 is 10.9 Å². The SMILES string of the molecule is C#CCn1ncc(Cl)c(NC2CC2(C)C)c1=O. The molecular weight excluding hydrogens is 238 g/mol. The van der Waals surface area contributed by atoms with Crippen molar-refractivity contribution in [1.29, 1.82) is 0 Å². The molecule has 1 heterocycles. The monoisotopic (exact) mass is 251 g/mol. The Morgan fingerprint density at radius 1 is 1.76 bits per heavy atom. The summed E-state index contributed by atoms with van der Waals surface area (Å²) >= 11 is 5.98. The van der Waals surface area contributed by atoms with Gasteiger partial charge in [-0.25, -0.2) is 4.68 Å². The fraction of sp³-hybridized carbons (Fsp3) is 0.500. The van der Waals surface area contributed by atoms with Gasteiger partial charge in [0.15, 0.2) is 0 Å². The maximum atomic E-state index is 12.0. The molecule has 1 aromatic heterocycles. The van der Waals surface area contributed by atoms with Crippen molar-refractivity contribution in [1.82, 2.24) is 9.78 Å². The molecule has 0 spiro atoms. The van der Waals surface area contributed by atoms with E-state index in [0.29, 0.717) is 10.7 Å². The highest BCUT2D eigenvalue weighted by Gasteiger charge is 2.46. The first-order chi connectivity index (χ1) is 7.95. The van der Waals surface area contributed by atoms with Crippen molar-refractivity contribution in [2.45, 2.75) is 32.9 Å². The average molecular weight is 252 g/mol. The quantitative estimate of drug-likeness (QED) is 0.833. The Balaban J connectivity index is 2.30. The molecule has 2 rings (SSSR count). The lowest BCUT2D eigenvalue weighted by Crippen LogP contribution is -2.27. The number of nitrogens with zero attached hydrogens (tertiary/aromatic N) is 2. The molecule has 1 N–H and O–H groups in total. The fourth-order valence-corrected chi connectivity index (χ4v) is 1.87. The minimum absolute atomic E-state index is 0.152. The summed E-state index contributed by atoms with van der Waals surface area (Å²) in [4.78, 5) is 12.0. The molecule has 1 unspecified atom stereocenters. The standard InChI is InChI=1S/C12H14ClN3O/c1-4-5-16-11(17)10(8(13)7-14-16)15-9-6-12(9,2)3/h1,7,9,15H,5-6H2,2-3H3. The number of hydrogen-bond acceptors (Lipinski definition) is 3. The molecule has 90 valence electrons. The number of anilines is 1. The van der Waals surface area contributed by atoms with E-state index in [2.05, 4.69) is 30.2 Å². The predicted octanol–water partition coefficient (Wildman–Crippen LogP) is 1.74. The molecule has 0 radical (unpaired) electrons. The van der Waals surface area contributed by atoms with Crippen LogP contribution in [-0.4, -0.2) is 15.8 Å². The third-order valence-corrected chi connectivity index (χ3v) is 3.36. The molecule has 1 fully saturated rings. The zero-order valence-electron chi connectivity index (χ0n) is 9.83. The zero-order valence-corrected chi connectivity index (χ0v) is 10.6. The predicted molar refractivity (Wildman–Crippen MR) is 68.1 cm³/mol. The van der Waals surface area contributed by atoms with Gasteiger partial charge in [-0.2, -0.15) is 5.10 Å². The summed E-state index contributed by atoms with van der Waals surface area (Å²) in [5.41, 5.74) is 0.348. The van der Waals surface area contributed by atoms with Crippen molar-refractivity contribution in [3.63, 3.8) is 0 Å². The first kappa shape index (κ1) is 12.0. The molecule has 1 aliphatic carbocycles. The van der Waals surface area contributed by atoms with E-state index >= 15 is 0 Å². The van der Waals surface area contributed by atoms with Crippen LogP contribution >= 0.6 is 11.6 Å². The largest absolute Gasteiger partial charge is 0.376 e. The third-order valence-electron chi connectivity index (χ3n) is 3.07. The number of rotatable bonds is 3. The number of nitrogens with one attached hydrogen (secondary N) is 1. The fourth-order valence-electron chi connectivity index (χ4n) is 1.69. The van der Waals surface area contributed by atoms with Crippen LogP contribution in [0.3, 0.4) is 0 Å². The maximum Gasteiger partial charge on any atom is 0.292 e. The Morgan fingerprint density at radius 3 is 2.94 bits per heavy atom. The highest BCUT2D eigenvalue weighted by atomic mass is 35.5. The third kappa shape index (κ3) is 2.29. The van der Waals surface area contributed by atoms with Crippen LogP contribution in [0.25, 0.3) is 0 Å². The van der Waals surface area contributed by atoms with E-state index in [-0.39, 0.29) is 23.6 Å². The van der Waals surface area contributed by atoms with Crippen molar-refractivity contribution in [2.75, 3.05) is 5.32 Å². The molecule has 0 bridgehead atoms. The lowest BCUT2D eigenvalue weighted by molar-refractivity contribution is 0.626. The van der Waals surface area contributed by atoms with Gasteiger partial charge in [-0.05, 0) is 11.8 Å². The molecule has 0 amide bonds. The Kier molecular flexibility index (Phi) is 2.88. The molecular formula is C12H14ClN3O. The van der Waals surface area contributed by atoms with E-state index in [1.807, 2.05) is 0 Å². The van der Waals surface area contributed by atoms with Gasteiger partial charge in [-0.3, -0.25) is 4.79 Å². The smallest absolute Gasteiger partial charge is 0.292 e. The van der Waals surface area contributed by atoms with Gasteiger partial charge in [0.25, 0.3) is 5.56 Å². The zero-order chi connectivity index (χ0) is 12.6. The number of terminal acetylenes is 1. The lowest BCUT2D eigenvalue weighted by atomic mass is 10.2. The van der Waals surface area contributed by atoms with Crippen LogP contribution in [0.2, 0.25) is 5.02 Å². The van der Waals surface area contributed by atoms with Gasteiger partial charge in [0.05, 0.1) is 11.2 Å². The Bertz CT molecular complexity index is 542. The number of aromatic nitrogens is 2. The van der Waals surface area contributed by atoms with Crippen LogP contribution in [0.15, 0.2) is 11.0 Å². The summed E-state index contributed by atoms with van der Waals surface area (Å²) < 4.78 is 1.23. The number of halogens is 1. The maximum absolute atomic E-state index is 12.0. The summed E-state index contributed by atoms with van der Waals surface area (Å²) in [6.45, 7) is 4.43. The van der Waals surface area contributed by atoms with Gasteiger partial charge in [-0.15, -0.1) is 6.42 Å². The van der Waals surface area contributed by atoms with Gasteiger partial charge in [-0.1, -0.05) is 31.4 Å². The first-order valence-electron chi connectivity index (χ1n) is 5.41. The topological polar surface area (TPSA) is 46.9 Å². The van der Waals surface area contributed by atoms with E-state index in [1.165, 1.54) is 10.9 Å². The van der Waals surface area contributed by atoms with Crippen LogP contribution in [-0.2, 0) is 6.54 Å². The molecule has 5 heteroatoms. The molecule has 1 aliphatic rings. The van der Waals surface area contributed by atoms with E-state index in [9.17, 15) is 4.79 Å². The van der Waals surface area contributed by atoms with E-state index in [1.54, 1.807) is 0 Å². The Labute approximate surface area is 105 Å². The summed E-state index contributed by atoms with van der Waals surface area (Å²) in [5.74, 6) is 2.39. The Morgan fingerprint density at radius 2 is 2.41 bits per heavy atom. The van der Waals surface area contributed by atoms with E-state index < -0.39 is 0 Å². The van der Waals surface area contributed by atoms with Crippen molar-refractivity contribution >= 4 is 17.3 Å². The van der Waals surface area contributed by atoms with Gasteiger partial charge >= 0.3 is 0 Å². The van der Waals surface area contributed by atoms with Crippen LogP contribution in [0.5, 0.6) is 0 Å². The minimum Gasteiger partial charge on any atom is -0.376 e. The second kappa shape index (κ2) is 4.08. The van der Waals surface area contributed by atoms with Gasteiger partial charge in [0, 0.05) is 6.04 Å². The van der Waals surface area contributed by atoms with Crippen molar-refractivity contribution in [3.05, 3.63) is 21.6 Å². The molecule has 0 aliphatic heterocycles. The molecule has 1 atom stereocenters. The normalized spacial score (nSPS) is 20.7. The van der Waals surface area contributed by atoms with E-state index in [0.717, 1.165) is 6.42 Å². The van der Waals surface area contributed by atoms with Crippen molar-refractivity contribution in [3.8, 4) is 12.3 Å². The van der Waals surface area contributed by atoms with E-state index in [4.69, 9.17) is 18.0 Å². The summed E-state index contributed by atoms with van der Waals surface area (Å²) in [6, 6.07) is 0.286. The summed E-state index contributed by atoms with van der Waals surface area (Å²) in [5, 5.41) is 7.39. The molecule has 0 aromatic carbocycles. The second-order valence-electron chi connectivity index (χ2n) is 4.92. The van der Waals surface area contributed by atoms with Gasteiger partial charge in [0.2, 0.25) is 0 Å². The van der Waals surface area contributed by atoms with Gasteiger partial charge < -0.3 is 5.32 Å².